The third-order valence-electron chi connectivity index (χ3n) is 2.50. The van der Waals surface area contributed by atoms with Gasteiger partial charge in [-0.1, -0.05) is 0 Å². The Balaban J connectivity index is 2.17. The zero-order chi connectivity index (χ0) is 11.5. The summed E-state index contributed by atoms with van der Waals surface area (Å²) in [5, 5.41) is 18.7. The number of carbonyl (C=O) groups excluding carboxylic acids is 2. The van der Waals surface area contributed by atoms with E-state index in [-0.39, 0.29) is 18.4 Å². The van der Waals surface area contributed by atoms with Gasteiger partial charge in [0.2, 0.25) is 11.8 Å². The first-order valence-electron chi connectivity index (χ1n) is 4.98. The molecule has 2 heterocycles. The van der Waals surface area contributed by atoms with Crippen LogP contribution < -0.4 is 5.32 Å². The molecule has 2 N–H and O–H groups in total. The lowest BCUT2D eigenvalue weighted by Crippen LogP contribution is -2.39. The molecule has 1 unspecified atom stereocenters. The number of carbonyl (C=O) groups is 2. The smallest absolute Gasteiger partial charge is 0.235 e. The van der Waals surface area contributed by atoms with Crippen molar-refractivity contribution in [2.45, 2.75) is 25.4 Å². The highest BCUT2D eigenvalue weighted by molar-refractivity contribution is 6.00. The largest absolute Gasteiger partial charge is 0.390 e. The maximum Gasteiger partial charge on any atom is 0.235 e. The molecule has 0 saturated carbocycles. The summed E-state index contributed by atoms with van der Waals surface area (Å²) in [4.78, 5) is 22.5. The second kappa shape index (κ2) is 4.36. The van der Waals surface area contributed by atoms with E-state index in [0.717, 1.165) is 0 Å². The number of aliphatic hydroxyl groups is 1. The number of nitrogens with zero attached hydrogens (tertiary/aromatic N) is 2. The number of nitrogens with one attached hydrogen (secondary N) is 1. The molecule has 6 heteroatoms. The van der Waals surface area contributed by atoms with Crippen LogP contribution in [0.15, 0.2) is 12.1 Å². The molecule has 0 spiro atoms. The van der Waals surface area contributed by atoms with E-state index in [1.54, 1.807) is 12.1 Å². The van der Waals surface area contributed by atoms with Gasteiger partial charge in [-0.15, -0.1) is 0 Å². The molecule has 0 bridgehead atoms. The molecule has 2 amide bonds. The van der Waals surface area contributed by atoms with Crippen LogP contribution >= 0.6 is 0 Å². The summed E-state index contributed by atoms with van der Waals surface area (Å²) < 4.78 is 0. The molecule has 16 heavy (non-hydrogen) atoms. The zero-order valence-corrected chi connectivity index (χ0v) is 8.51. The first-order chi connectivity index (χ1) is 7.70. The van der Waals surface area contributed by atoms with Crippen LogP contribution in [0.2, 0.25) is 0 Å². The number of hydrogen-bond acceptors (Lipinski definition) is 5. The Bertz CT molecular complexity index is 416. The van der Waals surface area contributed by atoms with Crippen LogP contribution in [-0.2, 0) is 16.2 Å². The van der Waals surface area contributed by atoms with Crippen LogP contribution in [0.25, 0.3) is 0 Å². The van der Waals surface area contributed by atoms with Crippen LogP contribution in [-0.4, -0.2) is 27.1 Å². The molecule has 6 nitrogen and oxygen atoms in total. The minimum Gasteiger partial charge on any atom is -0.390 e. The topological polar surface area (TPSA) is 92.2 Å². The Morgan fingerprint density at radius 3 is 2.75 bits per heavy atom. The molecule has 1 aromatic rings. The summed E-state index contributed by atoms with van der Waals surface area (Å²) in [6, 6.07) is 3.27. The minimum absolute atomic E-state index is 0.178. The number of amides is 2. The molecule has 1 fully saturated rings. The summed E-state index contributed by atoms with van der Waals surface area (Å²) in [6.07, 6.45) is 0.775. The number of hydrogen-bond donors (Lipinski definition) is 2. The van der Waals surface area contributed by atoms with Gasteiger partial charge in [0.25, 0.3) is 0 Å². The molecular weight excluding hydrogens is 210 g/mol. The van der Waals surface area contributed by atoms with Crippen molar-refractivity contribution in [2.75, 3.05) is 0 Å². The van der Waals surface area contributed by atoms with E-state index in [0.29, 0.717) is 24.2 Å². The monoisotopic (exact) mass is 221 g/mol. The van der Waals surface area contributed by atoms with E-state index in [9.17, 15) is 9.59 Å². The molecule has 1 aliphatic heterocycles. The summed E-state index contributed by atoms with van der Waals surface area (Å²) in [5.41, 5.74) is 0.984. The third kappa shape index (κ3) is 2.06. The second-order valence-electron chi connectivity index (χ2n) is 3.61. The van der Waals surface area contributed by atoms with Crippen LogP contribution in [0.3, 0.4) is 0 Å². The quantitative estimate of drug-likeness (QED) is 0.656. The fourth-order valence-corrected chi connectivity index (χ4v) is 1.62. The van der Waals surface area contributed by atoms with E-state index < -0.39 is 5.92 Å². The van der Waals surface area contributed by atoms with Gasteiger partial charge in [-0.05, 0) is 18.6 Å². The minimum atomic E-state index is -0.419. The Labute approximate surface area is 91.7 Å². The predicted octanol–water partition coefficient (Wildman–Crippen LogP) is -0.511. The van der Waals surface area contributed by atoms with Gasteiger partial charge in [0, 0.05) is 6.42 Å². The standard InChI is InChI=1S/C10H11N3O3/c14-5-6-1-3-8(13-12-6)7-2-4-9(15)11-10(7)16/h1,3,7,14H,2,4-5H2,(H,11,15,16). The van der Waals surface area contributed by atoms with Crippen molar-refractivity contribution in [1.29, 1.82) is 0 Å². The third-order valence-corrected chi connectivity index (χ3v) is 2.50. The maximum atomic E-state index is 11.5. The lowest BCUT2D eigenvalue weighted by Gasteiger charge is -2.19. The van der Waals surface area contributed by atoms with Gasteiger partial charge in [0.15, 0.2) is 0 Å². The molecule has 2 rings (SSSR count). The Kier molecular flexibility index (Phi) is 2.91. The summed E-state index contributed by atoms with van der Waals surface area (Å²) in [6.45, 7) is -0.178. The first kappa shape index (κ1) is 10.7. The SMILES string of the molecule is O=C1CCC(c2ccc(CO)nn2)C(=O)N1. The molecule has 0 aromatic carbocycles. The highest BCUT2D eigenvalue weighted by Crippen LogP contribution is 2.22. The van der Waals surface area contributed by atoms with E-state index in [1.807, 2.05) is 0 Å². The lowest BCUT2D eigenvalue weighted by atomic mass is 9.94. The Morgan fingerprint density at radius 1 is 1.38 bits per heavy atom. The van der Waals surface area contributed by atoms with Crippen LogP contribution in [0.4, 0.5) is 0 Å². The molecule has 1 aliphatic rings. The molecule has 84 valence electrons. The zero-order valence-electron chi connectivity index (χ0n) is 8.51. The summed E-state index contributed by atoms with van der Waals surface area (Å²) >= 11 is 0. The normalized spacial score (nSPS) is 20.7. The van der Waals surface area contributed by atoms with Gasteiger partial charge in [0.05, 0.1) is 23.9 Å². The van der Waals surface area contributed by atoms with Crippen molar-refractivity contribution in [1.82, 2.24) is 15.5 Å². The molecule has 0 aliphatic carbocycles. The average molecular weight is 221 g/mol. The van der Waals surface area contributed by atoms with Gasteiger partial charge in [-0.3, -0.25) is 14.9 Å². The number of aliphatic hydroxyl groups excluding tert-OH is 1. The molecule has 1 saturated heterocycles. The van der Waals surface area contributed by atoms with Crippen molar-refractivity contribution in [3.05, 3.63) is 23.5 Å². The molecule has 0 radical (unpaired) electrons. The number of aromatic nitrogens is 2. The summed E-state index contributed by atoms with van der Waals surface area (Å²) in [7, 11) is 0. The number of rotatable bonds is 2. The van der Waals surface area contributed by atoms with Gasteiger partial charge in [-0.2, -0.15) is 10.2 Å². The fraction of sp³-hybridized carbons (Fsp3) is 0.400. The van der Waals surface area contributed by atoms with Gasteiger partial charge < -0.3 is 5.11 Å². The van der Waals surface area contributed by atoms with Crippen molar-refractivity contribution >= 4 is 11.8 Å². The van der Waals surface area contributed by atoms with Crippen LogP contribution in [0.5, 0.6) is 0 Å². The van der Waals surface area contributed by atoms with E-state index >= 15 is 0 Å². The van der Waals surface area contributed by atoms with E-state index in [1.165, 1.54) is 0 Å². The van der Waals surface area contributed by atoms with Crippen molar-refractivity contribution in [3.8, 4) is 0 Å². The second-order valence-corrected chi connectivity index (χ2v) is 3.61. The van der Waals surface area contributed by atoms with Crippen LogP contribution in [0.1, 0.15) is 30.1 Å². The molecular formula is C10H11N3O3. The Morgan fingerprint density at radius 2 is 2.19 bits per heavy atom. The lowest BCUT2D eigenvalue weighted by molar-refractivity contribution is -0.134. The van der Waals surface area contributed by atoms with Crippen molar-refractivity contribution in [3.63, 3.8) is 0 Å². The van der Waals surface area contributed by atoms with Gasteiger partial charge >= 0.3 is 0 Å². The summed E-state index contributed by atoms with van der Waals surface area (Å²) in [5.74, 6) is -0.999. The van der Waals surface area contributed by atoms with Crippen LogP contribution in [0, 0.1) is 0 Å². The highest BCUT2D eigenvalue weighted by atomic mass is 16.3. The van der Waals surface area contributed by atoms with Crippen molar-refractivity contribution in [2.24, 2.45) is 0 Å². The van der Waals surface area contributed by atoms with E-state index in [4.69, 9.17) is 5.11 Å². The van der Waals surface area contributed by atoms with Gasteiger partial charge in [0.1, 0.15) is 0 Å². The Hall–Kier alpha value is -1.82. The molecule has 1 atom stereocenters. The fourth-order valence-electron chi connectivity index (χ4n) is 1.62. The van der Waals surface area contributed by atoms with E-state index in [2.05, 4.69) is 15.5 Å². The van der Waals surface area contributed by atoms with Gasteiger partial charge in [-0.25, -0.2) is 0 Å². The predicted molar refractivity (Wildman–Crippen MR) is 53.1 cm³/mol. The maximum absolute atomic E-state index is 11.5. The van der Waals surface area contributed by atoms with Crippen molar-refractivity contribution < 1.29 is 14.7 Å². The first-order valence-corrected chi connectivity index (χ1v) is 4.98. The highest BCUT2D eigenvalue weighted by Gasteiger charge is 2.29. The average Bonchev–Trinajstić information content (AvgIpc) is 2.29. The molecule has 1 aromatic heterocycles. The number of piperidine rings is 1. The number of imide groups is 1.